The number of amides is 1. The summed E-state index contributed by atoms with van der Waals surface area (Å²) in [6.45, 7) is 6.04. The summed E-state index contributed by atoms with van der Waals surface area (Å²) in [4.78, 5) is 24.6. The molecule has 6 heteroatoms. The molecule has 0 aliphatic rings. The molecule has 2 aromatic carbocycles. The molecule has 2 aromatic rings. The molecular formula is C21H25NO5. The van der Waals surface area contributed by atoms with Gasteiger partial charge in [0, 0.05) is 5.69 Å². The van der Waals surface area contributed by atoms with Crippen LogP contribution >= 0.6 is 0 Å². The summed E-state index contributed by atoms with van der Waals surface area (Å²) in [5.41, 5.74) is 2.02. The Morgan fingerprint density at radius 2 is 1.78 bits per heavy atom. The van der Waals surface area contributed by atoms with Gasteiger partial charge in [0.05, 0.1) is 19.3 Å². The molecule has 1 N–H and O–H groups in total. The van der Waals surface area contributed by atoms with Crippen molar-refractivity contribution in [1.29, 1.82) is 0 Å². The van der Waals surface area contributed by atoms with Crippen LogP contribution in [-0.4, -0.2) is 31.7 Å². The molecule has 2 rings (SSSR count). The maximum absolute atomic E-state index is 12.4. The molecule has 6 nitrogen and oxygen atoms in total. The minimum absolute atomic E-state index is 0.283. The van der Waals surface area contributed by atoms with E-state index >= 15 is 0 Å². The van der Waals surface area contributed by atoms with Gasteiger partial charge in [-0.25, -0.2) is 4.79 Å². The third kappa shape index (κ3) is 5.74. The van der Waals surface area contributed by atoms with Gasteiger partial charge in [0.2, 0.25) is 0 Å². The Labute approximate surface area is 159 Å². The van der Waals surface area contributed by atoms with Gasteiger partial charge >= 0.3 is 5.97 Å². The third-order valence-electron chi connectivity index (χ3n) is 3.83. The molecule has 1 atom stereocenters. The van der Waals surface area contributed by atoms with Crippen LogP contribution < -0.4 is 14.8 Å². The van der Waals surface area contributed by atoms with Crippen LogP contribution in [0.5, 0.6) is 11.5 Å². The molecule has 0 radical (unpaired) electrons. The monoisotopic (exact) mass is 371 g/mol. The lowest BCUT2D eigenvalue weighted by atomic mass is 10.2. The van der Waals surface area contributed by atoms with E-state index < -0.39 is 18.0 Å². The van der Waals surface area contributed by atoms with E-state index in [1.165, 1.54) is 20.1 Å². The lowest BCUT2D eigenvalue weighted by molar-refractivity contribution is -0.123. The Morgan fingerprint density at radius 1 is 1.07 bits per heavy atom. The van der Waals surface area contributed by atoms with E-state index in [9.17, 15) is 9.59 Å². The highest BCUT2D eigenvalue weighted by atomic mass is 16.5. The number of anilines is 1. The molecule has 144 valence electrons. The fourth-order valence-electron chi connectivity index (χ4n) is 2.29. The number of esters is 1. The summed E-state index contributed by atoms with van der Waals surface area (Å²) in [7, 11) is 1.50. The van der Waals surface area contributed by atoms with E-state index in [0.29, 0.717) is 23.8 Å². The highest BCUT2D eigenvalue weighted by molar-refractivity contribution is 5.97. The van der Waals surface area contributed by atoms with Gasteiger partial charge in [-0.1, -0.05) is 24.6 Å². The van der Waals surface area contributed by atoms with Crippen molar-refractivity contribution in [2.75, 3.05) is 19.0 Å². The number of hydrogen-bond donors (Lipinski definition) is 1. The van der Waals surface area contributed by atoms with Crippen LogP contribution in [0.3, 0.4) is 0 Å². The molecule has 1 amide bonds. The summed E-state index contributed by atoms with van der Waals surface area (Å²) in [6, 6.07) is 12.1. The predicted octanol–water partition coefficient (Wildman–Crippen LogP) is 3.98. The van der Waals surface area contributed by atoms with E-state index in [1.807, 2.05) is 26.0 Å². The predicted molar refractivity (Wildman–Crippen MR) is 103 cm³/mol. The average Bonchev–Trinajstić information content (AvgIpc) is 2.67. The standard InChI is InChI=1S/C21H25NO5/c1-5-12-26-18-11-8-16(13-19(18)25-4)21(24)27-15(3)20(23)22-17-9-6-14(2)7-10-17/h6-11,13,15H,5,12H2,1-4H3,(H,22,23)/t15-/m0/s1. The quantitative estimate of drug-likeness (QED) is 0.711. The number of benzene rings is 2. The molecule has 0 aliphatic heterocycles. The van der Waals surface area contributed by atoms with Crippen LogP contribution in [0.2, 0.25) is 0 Å². The lowest BCUT2D eigenvalue weighted by Crippen LogP contribution is -2.30. The van der Waals surface area contributed by atoms with Gasteiger partial charge in [-0.3, -0.25) is 4.79 Å². The number of carbonyl (C=O) groups is 2. The van der Waals surface area contributed by atoms with E-state index in [-0.39, 0.29) is 5.56 Å². The molecule has 0 bridgehead atoms. The second kappa shape index (κ2) is 9.62. The fourth-order valence-corrected chi connectivity index (χ4v) is 2.29. The number of carbonyl (C=O) groups excluding carboxylic acids is 2. The normalized spacial score (nSPS) is 11.4. The smallest absolute Gasteiger partial charge is 0.339 e. The van der Waals surface area contributed by atoms with E-state index in [4.69, 9.17) is 14.2 Å². The van der Waals surface area contributed by atoms with Crippen molar-refractivity contribution >= 4 is 17.6 Å². The Kier molecular flexibility index (Phi) is 7.23. The van der Waals surface area contributed by atoms with Gasteiger partial charge in [0.25, 0.3) is 5.91 Å². The zero-order chi connectivity index (χ0) is 19.8. The van der Waals surface area contributed by atoms with Gasteiger partial charge in [0.1, 0.15) is 0 Å². The first-order valence-corrected chi connectivity index (χ1v) is 8.84. The summed E-state index contributed by atoms with van der Waals surface area (Å²) in [5, 5.41) is 2.72. The molecule has 0 saturated carbocycles. The first-order valence-electron chi connectivity index (χ1n) is 8.84. The van der Waals surface area contributed by atoms with Gasteiger partial charge in [-0.2, -0.15) is 0 Å². The average molecular weight is 371 g/mol. The van der Waals surface area contributed by atoms with Crippen molar-refractivity contribution in [2.24, 2.45) is 0 Å². The van der Waals surface area contributed by atoms with E-state index in [1.54, 1.807) is 24.3 Å². The Bertz CT molecular complexity index is 786. The second-order valence-electron chi connectivity index (χ2n) is 6.12. The molecular weight excluding hydrogens is 346 g/mol. The summed E-state index contributed by atoms with van der Waals surface area (Å²) in [5.74, 6) is -0.0142. The topological polar surface area (TPSA) is 73.9 Å². The Morgan fingerprint density at radius 3 is 2.41 bits per heavy atom. The third-order valence-corrected chi connectivity index (χ3v) is 3.83. The molecule has 0 saturated heterocycles. The molecule has 0 heterocycles. The Balaban J connectivity index is 2.00. The molecule has 0 unspecified atom stereocenters. The van der Waals surface area contributed by atoms with Gasteiger partial charge in [0.15, 0.2) is 17.6 Å². The summed E-state index contributed by atoms with van der Waals surface area (Å²) in [6.07, 6.45) is -0.0820. The van der Waals surface area contributed by atoms with Gasteiger partial charge in [-0.05, 0) is 50.6 Å². The van der Waals surface area contributed by atoms with Crippen molar-refractivity contribution in [3.63, 3.8) is 0 Å². The summed E-state index contributed by atoms with van der Waals surface area (Å²) < 4.78 is 16.1. The number of aryl methyl sites for hydroxylation is 1. The summed E-state index contributed by atoms with van der Waals surface area (Å²) >= 11 is 0. The SMILES string of the molecule is CCCOc1ccc(C(=O)O[C@@H](C)C(=O)Nc2ccc(C)cc2)cc1OC. The van der Waals surface area contributed by atoms with Crippen LogP contribution in [0.4, 0.5) is 5.69 Å². The van der Waals surface area contributed by atoms with Gasteiger partial charge < -0.3 is 19.5 Å². The van der Waals surface area contributed by atoms with Crippen molar-refractivity contribution in [3.05, 3.63) is 53.6 Å². The minimum Gasteiger partial charge on any atom is -0.493 e. The molecule has 0 fully saturated rings. The maximum atomic E-state index is 12.4. The highest BCUT2D eigenvalue weighted by Gasteiger charge is 2.20. The van der Waals surface area contributed by atoms with Crippen molar-refractivity contribution in [3.8, 4) is 11.5 Å². The zero-order valence-corrected chi connectivity index (χ0v) is 16.1. The maximum Gasteiger partial charge on any atom is 0.339 e. The largest absolute Gasteiger partial charge is 0.493 e. The van der Waals surface area contributed by atoms with Crippen LogP contribution in [0, 0.1) is 6.92 Å². The first kappa shape index (κ1) is 20.3. The number of rotatable bonds is 8. The van der Waals surface area contributed by atoms with Crippen LogP contribution in [-0.2, 0) is 9.53 Å². The number of hydrogen-bond acceptors (Lipinski definition) is 5. The molecule has 0 spiro atoms. The Hall–Kier alpha value is -3.02. The molecule has 27 heavy (non-hydrogen) atoms. The van der Waals surface area contributed by atoms with E-state index in [2.05, 4.69) is 5.32 Å². The minimum atomic E-state index is -0.944. The molecule has 0 aromatic heterocycles. The van der Waals surface area contributed by atoms with Crippen molar-refractivity contribution in [2.45, 2.75) is 33.3 Å². The van der Waals surface area contributed by atoms with Crippen molar-refractivity contribution in [1.82, 2.24) is 0 Å². The van der Waals surface area contributed by atoms with Crippen molar-refractivity contribution < 1.29 is 23.8 Å². The molecule has 0 aliphatic carbocycles. The highest BCUT2D eigenvalue weighted by Crippen LogP contribution is 2.28. The fraction of sp³-hybridized carbons (Fsp3) is 0.333. The van der Waals surface area contributed by atoms with E-state index in [0.717, 1.165) is 12.0 Å². The lowest BCUT2D eigenvalue weighted by Gasteiger charge is -2.15. The first-order chi connectivity index (χ1) is 12.9. The number of nitrogens with one attached hydrogen (secondary N) is 1. The van der Waals surface area contributed by atoms with Crippen LogP contribution in [0.1, 0.15) is 36.2 Å². The second-order valence-corrected chi connectivity index (χ2v) is 6.12. The van der Waals surface area contributed by atoms with Gasteiger partial charge in [-0.15, -0.1) is 0 Å². The number of methoxy groups -OCH3 is 1. The van der Waals surface area contributed by atoms with Crippen LogP contribution in [0.15, 0.2) is 42.5 Å². The zero-order valence-electron chi connectivity index (χ0n) is 16.1. The van der Waals surface area contributed by atoms with Crippen LogP contribution in [0.25, 0.3) is 0 Å². The number of ether oxygens (including phenoxy) is 3.